The molecule has 0 bridgehead atoms. The fourth-order valence-electron chi connectivity index (χ4n) is 0.940. The van der Waals surface area contributed by atoms with Gasteiger partial charge in [-0.1, -0.05) is 0 Å². The second-order valence-corrected chi connectivity index (χ2v) is 2.79. The van der Waals surface area contributed by atoms with Gasteiger partial charge in [-0.05, 0) is 0 Å². The number of aryl methyl sites for hydroxylation is 1. The Morgan fingerprint density at radius 1 is 1.73 bits per heavy atom. The zero-order valence-electron chi connectivity index (χ0n) is 8.27. The van der Waals surface area contributed by atoms with Crippen LogP contribution in [0.5, 0.6) is 0 Å². The van der Waals surface area contributed by atoms with Gasteiger partial charge in [0, 0.05) is 19.4 Å². The number of nitrogens with one attached hydrogen (secondary N) is 1. The van der Waals surface area contributed by atoms with Gasteiger partial charge >= 0.3 is 6.09 Å². The number of carbonyl (C=O) groups excluding carboxylic acids is 1. The van der Waals surface area contributed by atoms with E-state index in [1.165, 1.54) is 10.8 Å². The fourth-order valence-corrected chi connectivity index (χ4v) is 0.940. The molecule has 15 heavy (non-hydrogen) atoms. The first kappa shape index (κ1) is 11.0. The molecule has 0 aliphatic rings. The lowest BCUT2D eigenvalue weighted by molar-refractivity contribution is 0.161. The largest absolute Gasteiger partial charge is 0.448 e. The lowest BCUT2D eigenvalue weighted by atomic mass is 10.5. The molecule has 7 heteroatoms. The van der Waals surface area contributed by atoms with E-state index in [1.54, 1.807) is 13.2 Å². The third-order valence-electron chi connectivity index (χ3n) is 1.66. The van der Waals surface area contributed by atoms with Gasteiger partial charge in [-0.15, -0.1) is 0 Å². The van der Waals surface area contributed by atoms with Gasteiger partial charge in [-0.3, -0.25) is 4.79 Å². The van der Waals surface area contributed by atoms with Crippen LogP contribution in [0.25, 0.3) is 0 Å². The summed E-state index contributed by atoms with van der Waals surface area (Å²) >= 11 is 0. The van der Waals surface area contributed by atoms with Crippen LogP contribution in [0.15, 0.2) is 17.2 Å². The van der Waals surface area contributed by atoms with Crippen LogP contribution in [0.4, 0.5) is 10.6 Å². The van der Waals surface area contributed by atoms with Crippen molar-refractivity contribution < 1.29 is 9.53 Å². The Hall–Kier alpha value is -2.05. The zero-order chi connectivity index (χ0) is 11.3. The predicted octanol–water partition coefficient (Wildman–Crippen LogP) is -0.712. The van der Waals surface area contributed by atoms with Gasteiger partial charge in [-0.25, -0.2) is 9.78 Å². The van der Waals surface area contributed by atoms with E-state index in [4.69, 9.17) is 5.73 Å². The summed E-state index contributed by atoms with van der Waals surface area (Å²) in [5.41, 5.74) is 4.52. The molecule has 0 radical (unpaired) electrons. The molecule has 1 aromatic heterocycles. The summed E-state index contributed by atoms with van der Waals surface area (Å²) in [5.74, 6) is 0.216. The molecule has 7 nitrogen and oxygen atoms in total. The number of aromatic nitrogens is 2. The number of rotatable bonds is 4. The van der Waals surface area contributed by atoms with Crippen molar-refractivity contribution in [1.82, 2.24) is 9.55 Å². The maximum atomic E-state index is 11.4. The normalized spacial score (nSPS) is 9.67. The van der Waals surface area contributed by atoms with Crippen LogP contribution in [0.2, 0.25) is 0 Å². The molecule has 1 amide bonds. The van der Waals surface area contributed by atoms with Crippen molar-refractivity contribution in [3.05, 3.63) is 22.7 Å². The number of amides is 1. The standard InChI is InChI=1S/C8H12N4O3/c1-12-4-2-10-6(7(12)13)11-3-5-15-8(9)14/h2,4H,3,5H2,1H3,(H2,9,14)(H,10,11). The lowest BCUT2D eigenvalue weighted by Crippen LogP contribution is -2.25. The summed E-state index contributed by atoms with van der Waals surface area (Å²) in [6, 6.07) is 0. The highest BCUT2D eigenvalue weighted by molar-refractivity contribution is 5.64. The third-order valence-corrected chi connectivity index (χ3v) is 1.66. The Morgan fingerprint density at radius 2 is 2.47 bits per heavy atom. The molecule has 1 heterocycles. The molecule has 0 saturated heterocycles. The van der Waals surface area contributed by atoms with Gasteiger partial charge in [0.2, 0.25) is 0 Å². The van der Waals surface area contributed by atoms with Crippen LogP contribution in [-0.4, -0.2) is 28.8 Å². The van der Waals surface area contributed by atoms with E-state index < -0.39 is 6.09 Å². The average molecular weight is 212 g/mol. The second-order valence-electron chi connectivity index (χ2n) is 2.79. The van der Waals surface area contributed by atoms with Crippen LogP contribution in [0.1, 0.15) is 0 Å². The number of carbonyl (C=O) groups is 1. The van der Waals surface area contributed by atoms with Crippen molar-refractivity contribution in [1.29, 1.82) is 0 Å². The Morgan fingerprint density at radius 3 is 3.13 bits per heavy atom. The van der Waals surface area contributed by atoms with Crippen molar-refractivity contribution in [2.24, 2.45) is 12.8 Å². The SMILES string of the molecule is Cn1ccnc(NCCOC(N)=O)c1=O. The van der Waals surface area contributed by atoms with Gasteiger partial charge in [0.1, 0.15) is 6.61 Å². The zero-order valence-corrected chi connectivity index (χ0v) is 8.27. The van der Waals surface area contributed by atoms with Crippen LogP contribution < -0.4 is 16.6 Å². The Labute approximate surface area is 85.9 Å². The number of primary amides is 1. The van der Waals surface area contributed by atoms with E-state index >= 15 is 0 Å². The summed E-state index contributed by atoms with van der Waals surface area (Å²) in [6.07, 6.45) is 2.21. The quantitative estimate of drug-likeness (QED) is 0.642. The van der Waals surface area contributed by atoms with Crippen LogP contribution in [0.3, 0.4) is 0 Å². The van der Waals surface area contributed by atoms with Crippen LogP contribution in [0, 0.1) is 0 Å². The van der Waals surface area contributed by atoms with Gasteiger partial charge in [0.05, 0.1) is 6.54 Å². The Bertz CT molecular complexity index is 401. The number of ether oxygens (including phenoxy) is 1. The van der Waals surface area contributed by atoms with Crippen LogP contribution >= 0.6 is 0 Å². The molecule has 0 unspecified atom stereocenters. The molecule has 0 saturated carbocycles. The minimum absolute atomic E-state index is 0.0923. The van der Waals surface area contributed by atoms with Gasteiger partial charge in [-0.2, -0.15) is 0 Å². The summed E-state index contributed by atoms with van der Waals surface area (Å²) in [4.78, 5) is 25.5. The molecule has 0 spiro atoms. The van der Waals surface area contributed by atoms with Crippen molar-refractivity contribution in [3.63, 3.8) is 0 Å². The van der Waals surface area contributed by atoms with E-state index in [0.29, 0.717) is 0 Å². The van der Waals surface area contributed by atoms with E-state index in [1.807, 2.05) is 0 Å². The molecule has 1 rings (SSSR count). The maximum absolute atomic E-state index is 11.4. The molecule has 0 aliphatic carbocycles. The van der Waals surface area contributed by atoms with E-state index in [9.17, 15) is 9.59 Å². The number of hydrogen-bond donors (Lipinski definition) is 2. The first-order valence-corrected chi connectivity index (χ1v) is 4.29. The van der Waals surface area contributed by atoms with Gasteiger partial charge < -0.3 is 20.4 Å². The molecule has 0 aliphatic heterocycles. The van der Waals surface area contributed by atoms with E-state index in [0.717, 1.165) is 0 Å². The van der Waals surface area contributed by atoms with E-state index in [-0.39, 0.29) is 24.5 Å². The molecular formula is C8H12N4O3. The minimum atomic E-state index is -0.842. The van der Waals surface area contributed by atoms with Crippen molar-refractivity contribution >= 4 is 11.9 Å². The fraction of sp³-hybridized carbons (Fsp3) is 0.375. The first-order valence-electron chi connectivity index (χ1n) is 4.29. The molecule has 82 valence electrons. The van der Waals surface area contributed by atoms with Gasteiger partial charge in [0.15, 0.2) is 5.82 Å². The predicted molar refractivity (Wildman–Crippen MR) is 53.5 cm³/mol. The summed E-state index contributed by atoms with van der Waals surface area (Å²) in [7, 11) is 1.62. The van der Waals surface area contributed by atoms with Crippen molar-refractivity contribution in [3.8, 4) is 0 Å². The summed E-state index contributed by atoms with van der Waals surface area (Å²) in [5, 5.41) is 2.73. The summed E-state index contributed by atoms with van der Waals surface area (Å²) < 4.78 is 5.87. The van der Waals surface area contributed by atoms with E-state index in [2.05, 4.69) is 15.0 Å². The highest BCUT2D eigenvalue weighted by atomic mass is 16.5. The minimum Gasteiger partial charge on any atom is -0.448 e. The molecule has 0 fully saturated rings. The topological polar surface area (TPSA) is 99.2 Å². The van der Waals surface area contributed by atoms with Crippen molar-refractivity contribution in [2.45, 2.75) is 0 Å². The number of anilines is 1. The molecule has 1 aromatic rings. The molecule has 0 atom stereocenters. The lowest BCUT2D eigenvalue weighted by Gasteiger charge is -2.05. The highest BCUT2D eigenvalue weighted by Gasteiger charge is 2.01. The number of nitrogens with zero attached hydrogens (tertiary/aromatic N) is 2. The molecule has 3 N–H and O–H groups in total. The maximum Gasteiger partial charge on any atom is 0.404 e. The summed E-state index contributed by atoms with van der Waals surface area (Å²) in [6.45, 7) is 0.379. The second kappa shape index (κ2) is 4.99. The van der Waals surface area contributed by atoms with Crippen LogP contribution in [-0.2, 0) is 11.8 Å². The highest BCUT2D eigenvalue weighted by Crippen LogP contribution is 1.90. The molecular weight excluding hydrogens is 200 g/mol. The first-order chi connectivity index (χ1) is 7.11. The van der Waals surface area contributed by atoms with Gasteiger partial charge in [0.25, 0.3) is 5.56 Å². The Kier molecular flexibility index (Phi) is 3.67. The Balaban J connectivity index is 2.48. The number of nitrogens with two attached hydrogens (primary N) is 1. The molecule has 0 aromatic carbocycles. The average Bonchev–Trinajstić information content (AvgIpc) is 2.18. The number of hydrogen-bond acceptors (Lipinski definition) is 5. The van der Waals surface area contributed by atoms with Crippen molar-refractivity contribution in [2.75, 3.05) is 18.5 Å². The third kappa shape index (κ3) is 3.29. The monoisotopic (exact) mass is 212 g/mol. The smallest absolute Gasteiger partial charge is 0.404 e.